The van der Waals surface area contributed by atoms with Gasteiger partial charge in [-0.15, -0.1) is 11.3 Å². The average molecular weight is 292 g/mol. The smallest absolute Gasteiger partial charge is 0.315 e. The van der Waals surface area contributed by atoms with Crippen LogP contribution in [-0.2, 0) is 22.5 Å². The molecular formula is C14H16N2O3S. The number of nitrogens with zero attached hydrogens (tertiary/aromatic N) is 1. The van der Waals surface area contributed by atoms with Gasteiger partial charge in [0.15, 0.2) is 5.13 Å². The van der Waals surface area contributed by atoms with Gasteiger partial charge in [-0.25, -0.2) is 4.98 Å². The van der Waals surface area contributed by atoms with Crippen LogP contribution >= 0.6 is 11.3 Å². The Morgan fingerprint density at radius 1 is 1.65 bits per heavy atom. The Morgan fingerprint density at radius 3 is 3.30 bits per heavy atom. The van der Waals surface area contributed by atoms with Gasteiger partial charge in [-0.2, -0.15) is 0 Å². The molecule has 0 aliphatic heterocycles. The zero-order valence-corrected chi connectivity index (χ0v) is 12.0. The van der Waals surface area contributed by atoms with Crippen molar-refractivity contribution in [2.45, 2.75) is 32.2 Å². The molecule has 2 heterocycles. The first-order valence-corrected chi connectivity index (χ1v) is 7.52. The third-order valence-electron chi connectivity index (χ3n) is 3.28. The molecule has 0 saturated carbocycles. The van der Waals surface area contributed by atoms with Crippen LogP contribution in [0.2, 0.25) is 0 Å². The van der Waals surface area contributed by atoms with E-state index in [0.29, 0.717) is 13.2 Å². The summed E-state index contributed by atoms with van der Waals surface area (Å²) in [5.74, 6) is 0.511. The van der Waals surface area contributed by atoms with Crippen molar-refractivity contribution in [3.63, 3.8) is 0 Å². The van der Waals surface area contributed by atoms with Gasteiger partial charge < -0.3 is 14.5 Å². The summed E-state index contributed by atoms with van der Waals surface area (Å²) in [6.45, 7) is 2.84. The third kappa shape index (κ3) is 2.56. The van der Waals surface area contributed by atoms with Crippen LogP contribution in [0.4, 0.5) is 5.13 Å². The molecule has 5 nitrogen and oxygen atoms in total. The van der Waals surface area contributed by atoms with Gasteiger partial charge in [-0.05, 0) is 31.9 Å². The van der Waals surface area contributed by atoms with Crippen molar-refractivity contribution in [3.05, 3.63) is 34.7 Å². The quantitative estimate of drug-likeness (QED) is 0.858. The lowest BCUT2D eigenvalue weighted by molar-refractivity contribution is -0.145. The monoisotopic (exact) mass is 292 g/mol. The van der Waals surface area contributed by atoms with Gasteiger partial charge in [0, 0.05) is 4.88 Å². The minimum atomic E-state index is -0.194. The number of ether oxygens (including phenoxy) is 1. The van der Waals surface area contributed by atoms with Gasteiger partial charge >= 0.3 is 5.97 Å². The van der Waals surface area contributed by atoms with E-state index in [2.05, 4.69) is 10.3 Å². The second-order valence-corrected chi connectivity index (χ2v) is 5.69. The van der Waals surface area contributed by atoms with E-state index in [9.17, 15) is 4.79 Å². The molecule has 2 aromatic rings. The number of hydrogen-bond acceptors (Lipinski definition) is 6. The molecule has 0 saturated heterocycles. The van der Waals surface area contributed by atoms with Gasteiger partial charge in [0.25, 0.3) is 0 Å². The van der Waals surface area contributed by atoms with E-state index < -0.39 is 0 Å². The van der Waals surface area contributed by atoms with Crippen LogP contribution in [0.3, 0.4) is 0 Å². The standard InChI is InChI=1S/C14H16N2O3S/c1-2-18-13(17)10-5-6-11-12(10)16-14(20-11)15-8-9-4-3-7-19-9/h3-4,7,10H,2,5-6,8H2,1H3,(H,15,16). The first-order valence-electron chi connectivity index (χ1n) is 6.70. The summed E-state index contributed by atoms with van der Waals surface area (Å²) >= 11 is 1.61. The van der Waals surface area contributed by atoms with E-state index in [1.54, 1.807) is 17.6 Å². The number of aryl methyl sites for hydroxylation is 1. The predicted molar refractivity (Wildman–Crippen MR) is 75.8 cm³/mol. The van der Waals surface area contributed by atoms with Crippen LogP contribution in [0.5, 0.6) is 0 Å². The molecule has 0 fully saturated rings. The molecule has 106 valence electrons. The van der Waals surface area contributed by atoms with Crippen LogP contribution in [0.25, 0.3) is 0 Å². The Balaban J connectivity index is 1.68. The minimum Gasteiger partial charge on any atom is -0.467 e. The summed E-state index contributed by atoms with van der Waals surface area (Å²) < 4.78 is 10.4. The zero-order valence-electron chi connectivity index (χ0n) is 11.2. The number of carbonyl (C=O) groups is 1. The third-order valence-corrected chi connectivity index (χ3v) is 4.37. The normalized spacial score (nSPS) is 16.9. The van der Waals surface area contributed by atoms with Crippen molar-refractivity contribution in [3.8, 4) is 0 Å². The molecule has 1 N–H and O–H groups in total. The summed E-state index contributed by atoms with van der Waals surface area (Å²) in [5, 5.41) is 4.06. The topological polar surface area (TPSA) is 64.4 Å². The molecule has 0 amide bonds. The molecule has 2 aromatic heterocycles. The van der Waals surface area contributed by atoms with Gasteiger partial charge in [-0.3, -0.25) is 4.79 Å². The summed E-state index contributed by atoms with van der Waals surface area (Å²) in [6, 6.07) is 3.77. The highest BCUT2D eigenvalue weighted by Crippen LogP contribution is 2.39. The number of anilines is 1. The number of carbonyl (C=O) groups excluding carboxylic acids is 1. The minimum absolute atomic E-state index is 0.158. The molecule has 0 bridgehead atoms. The lowest BCUT2D eigenvalue weighted by atomic mass is 10.1. The summed E-state index contributed by atoms with van der Waals surface area (Å²) in [7, 11) is 0. The number of thiazole rings is 1. The molecule has 0 aromatic carbocycles. The van der Waals surface area contributed by atoms with Crippen LogP contribution in [0.15, 0.2) is 22.8 Å². The van der Waals surface area contributed by atoms with Crippen molar-refractivity contribution < 1.29 is 13.9 Å². The predicted octanol–water partition coefficient (Wildman–Crippen LogP) is 2.94. The van der Waals surface area contributed by atoms with E-state index >= 15 is 0 Å². The van der Waals surface area contributed by atoms with Gasteiger partial charge in [0.1, 0.15) is 11.7 Å². The maximum Gasteiger partial charge on any atom is 0.315 e. The van der Waals surface area contributed by atoms with Crippen molar-refractivity contribution in [2.75, 3.05) is 11.9 Å². The summed E-state index contributed by atoms with van der Waals surface area (Å²) in [4.78, 5) is 17.6. The first kappa shape index (κ1) is 13.2. The Hall–Kier alpha value is -1.82. The number of aromatic nitrogens is 1. The Labute approximate surface area is 121 Å². The van der Waals surface area contributed by atoms with E-state index in [1.165, 1.54) is 4.88 Å². The van der Waals surface area contributed by atoms with Crippen molar-refractivity contribution >= 4 is 22.4 Å². The molecular weight excluding hydrogens is 276 g/mol. The fraction of sp³-hybridized carbons (Fsp3) is 0.429. The maximum atomic E-state index is 11.9. The molecule has 20 heavy (non-hydrogen) atoms. The van der Waals surface area contributed by atoms with Crippen molar-refractivity contribution in [1.29, 1.82) is 0 Å². The molecule has 0 radical (unpaired) electrons. The fourth-order valence-electron chi connectivity index (χ4n) is 2.35. The first-order chi connectivity index (χ1) is 9.78. The number of fused-ring (bicyclic) bond motifs is 1. The molecule has 3 rings (SSSR count). The van der Waals surface area contributed by atoms with Crippen LogP contribution in [0, 0.1) is 0 Å². The van der Waals surface area contributed by atoms with Crippen LogP contribution in [0.1, 0.15) is 35.6 Å². The molecule has 1 atom stereocenters. The zero-order chi connectivity index (χ0) is 13.9. The highest BCUT2D eigenvalue weighted by Gasteiger charge is 2.33. The summed E-state index contributed by atoms with van der Waals surface area (Å²) in [6.07, 6.45) is 3.36. The molecule has 0 spiro atoms. The van der Waals surface area contributed by atoms with E-state index in [1.807, 2.05) is 19.1 Å². The maximum absolute atomic E-state index is 11.9. The number of furan rings is 1. The lowest BCUT2D eigenvalue weighted by Gasteiger charge is -2.07. The number of esters is 1. The number of rotatable bonds is 5. The van der Waals surface area contributed by atoms with Crippen molar-refractivity contribution in [1.82, 2.24) is 4.98 Å². The van der Waals surface area contributed by atoms with Gasteiger partial charge in [0.05, 0.1) is 25.1 Å². The highest BCUT2D eigenvalue weighted by molar-refractivity contribution is 7.15. The molecule has 1 aliphatic rings. The largest absolute Gasteiger partial charge is 0.467 e. The number of hydrogen-bond donors (Lipinski definition) is 1. The van der Waals surface area contributed by atoms with E-state index in [0.717, 1.165) is 29.4 Å². The Bertz CT molecular complexity index is 592. The van der Waals surface area contributed by atoms with Crippen LogP contribution < -0.4 is 5.32 Å². The highest BCUT2D eigenvalue weighted by atomic mass is 32.1. The molecule has 6 heteroatoms. The van der Waals surface area contributed by atoms with E-state index in [4.69, 9.17) is 9.15 Å². The van der Waals surface area contributed by atoms with Gasteiger partial charge in [-0.1, -0.05) is 0 Å². The van der Waals surface area contributed by atoms with Crippen LogP contribution in [-0.4, -0.2) is 17.6 Å². The average Bonchev–Trinajstić information content (AvgIpc) is 3.13. The van der Waals surface area contributed by atoms with Gasteiger partial charge in [0.2, 0.25) is 0 Å². The Morgan fingerprint density at radius 2 is 2.55 bits per heavy atom. The summed E-state index contributed by atoms with van der Waals surface area (Å²) in [5.41, 5.74) is 0.885. The fourth-order valence-corrected chi connectivity index (χ4v) is 3.38. The SMILES string of the molecule is CCOC(=O)C1CCc2sc(NCc3ccco3)nc21. The number of nitrogens with one attached hydrogen (secondary N) is 1. The second-order valence-electron chi connectivity index (χ2n) is 4.60. The van der Waals surface area contributed by atoms with Crippen molar-refractivity contribution in [2.24, 2.45) is 0 Å². The van der Waals surface area contributed by atoms with E-state index in [-0.39, 0.29) is 11.9 Å². The second kappa shape index (κ2) is 5.66. The Kier molecular flexibility index (Phi) is 3.73. The molecule has 1 unspecified atom stereocenters. The molecule has 1 aliphatic carbocycles. The lowest BCUT2D eigenvalue weighted by Crippen LogP contribution is -2.14.